The molecule has 0 aliphatic heterocycles. The standard InChI is InChI=1S/C14H10Br2N2O/c1-7-12(8(15)6-9(16)13(7)17)14-18-10-4-2-3-5-11(10)19-14/h2-6H,17H2,1H3. The summed E-state index contributed by atoms with van der Waals surface area (Å²) in [5.74, 6) is 0.574. The number of hydrogen-bond acceptors (Lipinski definition) is 3. The minimum absolute atomic E-state index is 0.574. The Morgan fingerprint density at radius 3 is 2.63 bits per heavy atom. The molecule has 3 aromatic rings. The zero-order valence-corrected chi connectivity index (χ0v) is 13.2. The molecule has 0 bridgehead atoms. The van der Waals surface area contributed by atoms with E-state index in [1.54, 1.807) is 0 Å². The van der Waals surface area contributed by atoms with Gasteiger partial charge in [0, 0.05) is 14.6 Å². The number of halogens is 2. The van der Waals surface area contributed by atoms with Crippen LogP contribution in [0, 0.1) is 6.92 Å². The zero-order chi connectivity index (χ0) is 13.6. The van der Waals surface area contributed by atoms with Crippen molar-refractivity contribution in [2.24, 2.45) is 0 Å². The van der Waals surface area contributed by atoms with Gasteiger partial charge >= 0.3 is 0 Å². The number of benzene rings is 2. The normalized spacial score (nSPS) is 11.1. The molecule has 5 heteroatoms. The van der Waals surface area contributed by atoms with E-state index < -0.39 is 0 Å². The van der Waals surface area contributed by atoms with Gasteiger partial charge in [-0.05, 0) is 62.5 Å². The fourth-order valence-electron chi connectivity index (χ4n) is 2.00. The lowest BCUT2D eigenvalue weighted by molar-refractivity contribution is 0.619. The molecule has 19 heavy (non-hydrogen) atoms. The fourth-order valence-corrected chi connectivity index (χ4v) is 3.53. The molecule has 0 spiro atoms. The average molecular weight is 382 g/mol. The van der Waals surface area contributed by atoms with Crippen LogP contribution in [0.3, 0.4) is 0 Å². The average Bonchev–Trinajstić information content (AvgIpc) is 2.79. The van der Waals surface area contributed by atoms with E-state index in [0.29, 0.717) is 11.6 Å². The number of nitrogens with zero attached hydrogens (tertiary/aromatic N) is 1. The molecule has 2 aromatic carbocycles. The highest BCUT2D eigenvalue weighted by molar-refractivity contribution is 9.11. The number of rotatable bonds is 1. The molecule has 0 aliphatic rings. The number of aromatic nitrogens is 1. The summed E-state index contributed by atoms with van der Waals surface area (Å²) in [6.07, 6.45) is 0. The van der Waals surface area contributed by atoms with E-state index in [0.717, 1.165) is 31.2 Å². The molecule has 0 atom stereocenters. The van der Waals surface area contributed by atoms with Crippen LogP contribution in [0.2, 0.25) is 0 Å². The second kappa shape index (κ2) is 4.65. The molecule has 1 aromatic heterocycles. The van der Waals surface area contributed by atoms with Crippen molar-refractivity contribution in [1.82, 2.24) is 4.98 Å². The summed E-state index contributed by atoms with van der Waals surface area (Å²) < 4.78 is 7.56. The second-order valence-corrected chi connectivity index (χ2v) is 5.95. The van der Waals surface area contributed by atoms with Crippen molar-refractivity contribution in [2.45, 2.75) is 6.92 Å². The molecule has 0 aliphatic carbocycles. The number of fused-ring (bicyclic) bond motifs is 1. The number of nitrogens with two attached hydrogens (primary N) is 1. The van der Waals surface area contributed by atoms with Crippen molar-refractivity contribution in [2.75, 3.05) is 5.73 Å². The van der Waals surface area contributed by atoms with E-state index in [1.807, 2.05) is 37.3 Å². The van der Waals surface area contributed by atoms with Gasteiger partial charge in [-0.2, -0.15) is 0 Å². The van der Waals surface area contributed by atoms with Gasteiger partial charge in [-0.25, -0.2) is 4.98 Å². The third-order valence-corrected chi connectivity index (χ3v) is 4.32. The van der Waals surface area contributed by atoms with Crippen molar-refractivity contribution in [3.05, 3.63) is 44.8 Å². The predicted molar refractivity (Wildman–Crippen MR) is 84.0 cm³/mol. The van der Waals surface area contributed by atoms with Crippen molar-refractivity contribution in [1.29, 1.82) is 0 Å². The Morgan fingerprint density at radius 2 is 1.89 bits per heavy atom. The number of hydrogen-bond donors (Lipinski definition) is 1. The highest BCUT2D eigenvalue weighted by Gasteiger charge is 2.17. The molecule has 3 rings (SSSR count). The maximum absolute atomic E-state index is 6.05. The Kier molecular flexibility index (Phi) is 3.11. The third kappa shape index (κ3) is 2.07. The van der Waals surface area contributed by atoms with E-state index in [1.165, 1.54) is 0 Å². The zero-order valence-electron chi connectivity index (χ0n) is 10.1. The SMILES string of the molecule is Cc1c(N)c(Br)cc(Br)c1-c1nc2ccccc2o1. The minimum atomic E-state index is 0.574. The topological polar surface area (TPSA) is 52.0 Å². The number of nitrogen functional groups attached to an aromatic ring is 1. The first-order valence-corrected chi connectivity index (χ1v) is 7.26. The van der Waals surface area contributed by atoms with Crippen molar-refractivity contribution in [3.8, 4) is 11.5 Å². The third-order valence-electron chi connectivity index (χ3n) is 3.04. The van der Waals surface area contributed by atoms with Crippen LogP contribution < -0.4 is 5.73 Å². The maximum atomic E-state index is 6.05. The van der Waals surface area contributed by atoms with E-state index >= 15 is 0 Å². The first kappa shape index (κ1) is 12.7. The Labute approximate surface area is 127 Å². The molecule has 0 saturated carbocycles. The number of anilines is 1. The Bertz CT molecular complexity index is 747. The van der Waals surface area contributed by atoms with Gasteiger partial charge in [0.1, 0.15) is 5.52 Å². The molecular formula is C14H10Br2N2O. The lowest BCUT2D eigenvalue weighted by Gasteiger charge is -2.09. The molecule has 0 fully saturated rings. The van der Waals surface area contributed by atoms with Gasteiger partial charge in [-0.3, -0.25) is 0 Å². The second-order valence-electron chi connectivity index (χ2n) is 4.24. The summed E-state index contributed by atoms with van der Waals surface area (Å²) in [7, 11) is 0. The molecule has 96 valence electrons. The number of para-hydroxylation sites is 2. The summed E-state index contributed by atoms with van der Waals surface area (Å²) >= 11 is 6.97. The van der Waals surface area contributed by atoms with Gasteiger partial charge in [-0.1, -0.05) is 12.1 Å². The lowest BCUT2D eigenvalue weighted by Crippen LogP contribution is -1.95. The van der Waals surface area contributed by atoms with Crippen LogP contribution in [-0.2, 0) is 0 Å². The quantitative estimate of drug-likeness (QED) is 0.609. The highest BCUT2D eigenvalue weighted by atomic mass is 79.9. The minimum Gasteiger partial charge on any atom is -0.436 e. The van der Waals surface area contributed by atoms with Crippen LogP contribution in [0.1, 0.15) is 5.56 Å². The van der Waals surface area contributed by atoms with Gasteiger partial charge < -0.3 is 10.2 Å². The molecule has 2 N–H and O–H groups in total. The first-order chi connectivity index (χ1) is 9.08. The Balaban J connectivity index is 2.29. The van der Waals surface area contributed by atoms with Gasteiger partial charge in [0.2, 0.25) is 5.89 Å². The Morgan fingerprint density at radius 1 is 1.16 bits per heavy atom. The fraction of sp³-hybridized carbons (Fsp3) is 0.0714. The van der Waals surface area contributed by atoms with Crippen LogP contribution in [0.5, 0.6) is 0 Å². The highest BCUT2D eigenvalue weighted by Crippen LogP contribution is 2.39. The summed E-state index contributed by atoms with van der Waals surface area (Å²) in [6, 6.07) is 9.60. The van der Waals surface area contributed by atoms with Crippen molar-refractivity contribution >= 4 is 48.6 Å². The Hall–Kier alpha value is -1.33. The largest absolute Gasteiger partial charge is 0.436 e. The van der Waals surface area contributed by atoms with E-state index in [-0.39, 0.29) is 0 Å². The smallest absolute Gasteiger partial charge is 0.228 e. The first-order valence-electron chi connectivity index (χ1n) is 5.68. The predicted octanol–water partition coefficient (Wildman–Crippen LogP) is 4.91. The maximum Gasteiger partial charge on any atom is 0.228 e. The molecule has 0 radical (unpaired) electrons. The molecule has 1 heterocycles. The lowest BCUT2D eigenvalue weighted by atomic mass is 10.1. The monoisotopic (exact) mass is 380 g/mol. The van der Waals surface area contributed by atoms with Crippen LogP contribution in [0.15, 0.2) is 43.7 Å². The molecular weight excluding hydrogens is 372 g/mol. The van der Waals surface area contributed by atoms with Crippen LogP contribution >= 0.6 is 31.9 Å². The van der Waals surface area contributed by atoms with E-state index in [4.69, 9.17) is 10.2 Å². The molecule has 0 saturated heterocycles. The van der Waals surface area contributed by atoms with E-state index in [9.17, 15) is 0 Å². The summed E-state index contributed by atoms with van der Waals surface area (Å²) in [5, 5.41) is 0. The summed E-state index contributed by atoms with van der Waals surface area (Å²) in [4.78, 5) is 4.51. The van der Waals surface area contributed by atoms with Crippen LogP contribution in [0.25, 0.3) is 22.6 Å². The molecule has 0 unspecified atom stereocenters. The van der Waals surface area contributed by atoms with Gasteiger partial charge in [-0.15, -0.1) is 0 Å². The van der Waals surface area contributed by atoms with Gasteiger partial charge in [0.15, 0.2) is 5.58 Å². The number of oxazole rings is 1. The molecule has 0 amide bonds. The summed E-state index contributed by atoms with van der Waals surface area (Å²) in [5.41, 5.74) is 10.2. The van der Waals surface area contributed by atoms with Crippen molar-refractivity contribution in [3.63, 3.8) is 0 Å². The molecule has 3 nitrogen and oxygen atoms in total. The van der Waals surface area contributed by atoms with Crippen LogP contribution in [0.4, 0.5) is 5.69 Å². The van der Waals surface area contributed by atoms with E-state index in [2.05, 4.69) is 36.8 Å². The van der Waals surface area contributed by atoms with Crippen molar-refractivity contribution < 1.29 is 4.42 Å². The van der Waals surface area contributed by atoms with Crippen LogP contribution in [-0.4, -0.2) is 4.98 Å². The summed E-state index contributed by atoms with van der Waals surface area (Å²) in [6.45, 7) is 1.95. The van der Waals surface area contributed by atoms with Gasteiger partial charge in [0.25, 0.3) is 0 Å². The van der Waals surface area contributed by atoms with Gasteiger partial charge in [0.05, 0.1) is 5.56 Å².